The second-order valence-corrected chi connectivity index (χ2v) is 3.33. The molecule has 0 radical (unpaired) electrons. The number of nitriles is 1. The highest BCUT2D eigenvalue weighted by Gasteiger charge is 2.07. The second-order valence-electron chi connectivity index (χ2n) is 3.33. The maximum Gasteiger partial charge on any atom is 0.267 e. The molecule has 1 rings (SSSR count). The number of carbonyl (C=O) groups excluding carboxylic acids is 1. The molecule has 1 aromatic carbocycles. The maximum atomic E-state index is 11.6. The van der Waals surface area contributed by atoms with Crippen LogP contribution in [-0.2, 0) is 9.63 Å². The molecular formula is C13H13N3O3. The summed E-state index contributed by atoms with van der Waals surface area (Å²) in [6, 6.07) is 8.79. The van der Waals surface area contributed by atoms with Gasteiger partial charge in [-0.1, -0.05) is 17.3 Å². The number of benzene rings is 1. The molecule has 0 atom stereocenters. The van der Waals surface area contributed by atoms with Crippen molar-refractivity contribution in [3.63, 3.8) is 0 Å². The third kappa shape index (κ3) is 4.52. The summed E-state index contributed by atoms with van der Waals surface area (Å²) in [5, 5.41) is 14.6. The maximum absolute atomic E-state index is 11.6. The predicted molar refractivity (Wildman–Crippen MR) is 70.2 cm³/mol. The Bertz CT molecular complexity index is 527. The van der Waals surface area contributed by atoms with E-state index in [0.717, 1.165) is 11.9 Å². The summed E-state index contributed by atoms with van der Waals surface area (Å²) in [5.41, 5.74) is 0.684. The first-order chi connectivity index (χ1) is 9.21. The minimum Gasteiger partial charge on any atom is -0.497 e. The molecule has 0 aliphatic carbocycles. The highest BCUT2D eigenvalue weighted by molar-refractivity contribution is 6.06. The molecule has 1 N–H and O–H groups in total. The lowest BCUT2D eigenvalue weighted by atomic mass is 10.1. The smallest absolute Gasteiger partial charge is 0.267 e. The summed E-state index contributed by atoms with van der Waals surface area (Å²) >= 11 is 0. The molecule has 0 saturated heterocycles. The summed E-state index contributed by atoms with van der Waals surface area (Å²) in [6.45, 7) is 0. The first-order valence-electron chi connectivity index (χ1n) is 5.33. The van der Waals surface area contributed by atoms with Crippen LogP contribution in [-0.4, -0.2) is 26.5 Å². The van der Waals surface area contributed by atoms with E-state index in [1.165, 1.54) is 13.2 Å². The van der Waals surface area contributed by atoms with E-state index >= 15 is 0 Å². The van der Waals surface area contributed by atoms with Gasteiger partial charge in [0.1, 0.15) is 30.8 Å². The van der Waals surface area contributed by atoms with Gasteiger partial charge in [-0.25, -0.2) is 0 Å². The monoisotopic (exact) mass is 259 g/mol. The number of oxime groups is 1. The molecule has 19 heavy (non-hydrogen) atoms. The molecule has 0 aliphatic heterocycles. The Morgan fingerprint density at radius 1 is 1.37 bits per heavy atom. The lowest BCUT2D eigenvalue weighted by Crippen LogP contribution is -2.22. The molecule has 6 heteroatoms. The molecule has 1 aromatic rings. The van der Waals surface area contributed by atoms with E-state index < -0.39 is 5.91 Å². The molecule has 6 nitrogen and oxygen atoms in total. The molecule has 0 aliphatic rings. The van der Waals surface area contributed by atoms with Crippen LogP contribution >= 0.6 is 0 Å². The van der Waals surface area contributed by atoms with E-state index in [1.54, 1.807) is 31.4 Å². The summed E-state index contributed by atoms with van der Waals surface area (Å²) in [7, 11) is 2.91. The Labute approximate surface area is 110 Å². The standard InChI is InChI=1S/C13H13N3O3/c1-18-12-5-3-10(4-6-12)7-11(8-14)13(17)15-9-16-19-2/h3-7,9H,1-2H3,(H,15,16,17). The zero-order valence-corrected chi connectivity index (χ0v) is 10.6. The highest BCUT2D eigenvalue weighted by Crippen LogP contribution is 2.13. The van der Waals surface area contributed by atoms with E-state index in [1.807, 2.05) is 6.07 Å². The molecule has 0 saturated carbocycles. The van der Waals surface area contributed by atoms with E-state index in [2.05, 4.69) is 15.3 Å². The van der Waals surface area contributed by atoms with E-state index in [0.29, 0.717) is 5.75 Å². The number of nitrogens with one attached hydrogen (secondary N) is 1. The predicted octanol–water partition coefficient (Wildman–Crippen LogP) is 1.31. The first kappa shape index (κ1) is 14.3. The topological polar surface area (TPSA) is 83.7 Å². The third-order valence-electron chi connectivity index (χ3n) is 2.15. The van der Waals surface area contributed by atoms with Crippen LogP contribution < -0.4 is 10.1 Å². The first-order valence-corrected chi connectivity index (χ1v) is 5.33. The number of methoxy groups -OCH3 is 1. The molecule has 0 heterocycles. The quantitative estimate of drug-likeness (QED) is 0.284. The molecule has 0 unspecified atom stereocenters. The van der Waals surface area contributed by atoms with Gasteiger partial charge < -0.3 is 14.9 Å². The average Bonchev–Trinajstić information content (AvgIpc) is 2.45. The molecule has 0 aromatic heterocycles. The lowest BCUT2D eigenvalue weighted by Gasteiger charge is -2.00. The van der Waals surface area contributed by atoms with Crippen LogP contribution in [0.5, 0.6) is 5.75 Å². The zero-order valence-electron chi connectivity index (χ0n) is 10.6. The van der Waals surface area contributed by atoms with E-state index in [9.17, 15) is 4.79 Å². The summed E-state index contributed by atoms with van der Waals surface area (Å²) in [6.07, 6.45) is 2.54. The van der Waals surface area contributed by atoms with Crippen LogP contribution in [0.2, 0.25) is 0 Å². The SMILES string of the molecule is CO/N=C/NC(=O)C(C#N)=Cc1ccc(OC)cc1. The second kappa shape index (κ2) is 7.50. The Morgan fingerprint density at radius 3 is 2.58 bits per heavy atom. The van der Waals surface area contributed by atoms with Gasteiger partial charge in [0.25, 0.3) is 5.91 Å². The number of nitrogens with zero attached hydrogens (tertiary/aromatic N) is 2. The van der Waals surface area contributed by atoms with Gasteiger partial charge in [0.2, 0.25) is 0 Å². The average molecular weight is 259 g/mol. The van der Waals surface area contributed by atoms with Gasteiger partial charge in [-0.2, -0.15) is 5.26 Å². The van der Waals surface area contributed by atoms with Crippen LogP contribution in [0.4, 0.5) is 0 Å². The fourth-order valence-electron chi connectivity index (χ4n) is 1.23. The normalized spacial score (nSPS) is 10.9. The van der Waals surface area contributed by atoms with Gasteiger partial charge in [-0.3, -0.25) is 4.79 Å². The fraction of sp³-hybridized carbons (Fsp3) is 0.154. The van der Waals surface area contributed by atoms with Crippen molar-refractivity contribution < 1.29 is 14.4 Å². The van der Waals surface area contributed by atoms with Crippen LogP contribution in [0.15, 0.2) is 35.0 Å². The van der Waals surface area contributed by atoms with Gasteiger partial charge in [0, 0.05) is 0 Å². The van der Waals surface area contributed by atoms with E-state index in [-0.39, 0.29) is 5.57 Å². The molecule has 98 valence electrons. The molecule has 0 bridgehead atoms. The highest BCUT2D eigenvalue weighted by atomic mass is 16.6. The van der Waals surface area contributed by atoms with Gasteiger partial charge in [0.05, 0.1) is 7.11 Å². The minimum absolute atomic E-state index is 0.0345. The van der Waals surface area contributed by atoms with Crippen LogP contribution in [0.3, 0.4) is 0 Å². The number of amides is 1. The third-order valence-corrected chi connectivity index (χ3v) is 2.15. The molecule has 1 amide bonds. The number of hydrogen-bond acceptors (Lipinski definition) is 5. The van der Waals surface area contributed by atoms with Gasteiger partial charge in [-0.15, -0.1) is 0 Å². The zero-order chi connectivity index (χ0) is 14.1. The van der Waals surface area contributed by atoms with Crippen molar-refractivity contribution in [2.24, 2.45) is 5.16 Å². The Balaban J connectivity index is 2.83. The number of carbonyl (C=O) groups is 1. The fourth-order valence-corrected chi connectivity index (χ4v) is 1.23. The van der Waals surface area contributed by atoms with E-state index in [4.69, 9.17) is 10.00 Å². The van der Waals surface area contributed by atoms with Gasteiger partial charge in [0.15, 0.2) is 0 Å². The Morgan fingerprint density at radius 2 is 2.05 bits per heavy atom. The minimum atomic E-state index is -0.556. The Kier molecular flexibility index (Phi) is 5.63. The van der Waals surface area contributed by atoms with Crippen molar-refractivity contribution in [2.45, 2.75) is 0 Å². The van der Waals surface area contributed by atoms with Gasteiger partial charge in [-0.05, 0) is 23.8 Å². The van der Waals surface area contributed by atoms with Crippen molar-refractivity contribution in [2.75, 3.05) is 14.2 Å². The van der Waals surface area contributed by atoms with Crippen LogP contribution in [0.25, 0.3) is 6.08 Å². The van der Waals surface area contributed by atoms with Crippen LogP contribution in [0, 0.1) is 11.3 Å². The lowest BCUT2D eigenvalue weighted by molar-refractivity contribution is -0.115. The van der Waals surface area contributed by atoms with Crippen molar-refractivity contribution in [1.82, 2.24) is 5.32 Å². The molecular weight excluding hydrogens is 246 g/mol. The van der Waals surface area contributed by atoms with Crippen molar-refractivity contribution in [1.29, 1.82) is 5.26 Å². The Hall–Kier alpha value is -2.81. The number of hydrogen-bond donors (Lipinski definition) is 1. The number of ether oxygens (including phenoxy) is 1. The van der Waals surface area contributed by atoms with Crippen molar-refractivity contribution >= 4 is 18.3 Å². The number of rotatable bonds is 5. The van der Waals surface area contributed by atoms with Crippen LogP contribution in [0.1, 0.15) is 5.56 Å². The molecule has 0 spiro atoms. The summed E-state index contributed by atoms with van der Waals surface area (Å²) < 4.78 is 5.02. The largest absolute Gasteiger partial charge is 0.497 e. The molecule has 0 fully saturated rings. The van der Waals surface area contributed by atoms with Crippen molar-refractivity contribution in [3.05, 3.63) is 35.4 Å². The summed E-state index contributed by atoms with van der Waals surface area (Å²) in [4.78, 5) is 16.0. The van der Waals surface area contributed by atoms with Crippen molar-refractivity contribution in [3.8, 4) is 11.8 Å². The van der Waals surface area contributed by atoms with Gasteiger partial charge >= 0.3 is 0 Å². The summed E-state index contributed by atoms with van der Waals surface area (Å²) in [5.74, 6) is 0.145.